The molecule has 2 aliphatic rings. The first-order chi connectivity index (χ1) is 11.3. The molecule has 5 heteroatoms. The minimum Gasteiger partial charge on any atom is -0.308 e. The summed E-state index contributed by atoms with van der Waals surface area (Å²) >= 11 is 7.69. The molecule has 3 nitrogen and oxygen atoms in total. The molecular weight excluding hydrogens is 326 g/mol. The second-order valence-corrected chi connectivity index (χ2v) is 7.95. The average Bonchev–Trinajstić information content (AvgIpc) is 3.22. The lowest BCUT2D eigenvalue weighted by molar-refractivity contribution is 0.166. The number of rotatable bonds is 4. The van der Waals surface area contributed by atoms with Crippen molar-refractivity contribution < 1.29 is 0 Å². The van der Waals surface area contributed by atoms with E-state index in [9.17, 15) is 0 Å². The zero-order valence-electron chi connectivity index (χ0n) is 13.2. The zero-order valence-corrected chi connectivity index (χ0v) is 14.7. The second-order valence-electron chi connectivity index (χ2n) is 6.57. The monoisotopic (exact) mass is 347 g/mol. The highest BCUT2D eigenvalue weighted by Gasteiger charge is 2.31. The molecule has 23 heavy (non-hydrogen) atoms. The molecule has 0 spiro atoms. The highest BCUT2D eigenvalue weighted by Crippen LogP contribution is 2.27. The summed E-state index contributed by atoms with van der Waals surface area (Å²) < 4.78 is 0. The van der Waals surface area contributed by atoms with Gasteiger partial charge in [0.2, 0.25) is 0 Å². The third kappa shape index (κ3) is 3.61. The van der Waals surface area contributed by atoms with E-state index >= 15 is 0 Å². The number of aromatic nitrogens is 1. The quantitative estimate of drug-likeness (QED) is 0.899. The number of benzene rings is 1. The van der Waals surface area contributed by atoms with Crippen LogP contribution in [0, 0.1) is 0 Å². The van der Waals surface area contributed by atoms with E-state index in [2.05, 4.69) is 15.6 Å². The summed E-state index contributed by atoms with van der Waals surface area (Å²) in [6.45, 7) is 3.46. The largest absolute Gasteiger partial charge is 0.308 e. The van der Waals surface area contributed by atoms with Crippen LogP contribution >= 0.6 is 22.9 Å². The van der Waals surface area contributed by atoms with Gasteiger partial charge in [0.15, 0.2) is 0 Å². The first-order valence-corrected chi connectivity index (χ1v) is 9.71. The van der Waals surface area contributed by atoms with Crippen molar-refractivity contribution in [3.63, 3.8) is 0 Å². The maximum Gasteiger partial charge on any atom is 0.107 e. The van der Waals surface area contributed by atoms with E-state index in [0.29, 0.717) is 6.04 Å². The van der Waals surface area contributed by atoms with E-state index in [1.54, 1.807) is 11.3 Å². The van der Waals surface area contributed by atoms with E-state index in [4.69, 9.17) is 16.6 Å². The summed E-state index contributed by atoms with van der Waals surface area (Å²) in [6.07, 6.45) is 5.34. The van der Waals surface area contributed by atoms with Crippen LogP contribution in [0.1, 0.15) is 30.7 Å². The first-order valence-electron chi connectivity index (χ1n) is 8.46. The molecule has 4 rings (SSSR count). The Morgan fingerprint density at radius 2 is 2.09 bits per heavy atom. The maximum atomic E-state index is 5.95. The third-order valence-electron chi connectivity index (χ3n) is 5.05. The number of nitrogens with zero attached hydrogens (tertiary/aromatic N) is 2. The fraction of sp³-hybridized carbons (Fsp3) is 0.500. The molecule has 1 N–H and O–H groups in total. The fourth-order valence-corrected chi connectivity index (χ4v) is 4.67. The molecule has 1 aromatic heterocycles. The smallest absolute Gasteiger partial charge is 0.107 e. The van der Waals surface area contributed by atoms with E-state index in [1.165, 1.54) is 43.8 Å². The summed E-state index contributed by atoms with van der Waals surface area (Å²) in [5.41, 5.74) is 2.19. The predicted octanol–water partition coefficient (Wildman–Crippen LogP) is 4.18. The molecule has 0 unspecified atom stereocenters. The van der Waals surface area contributed by atoms with Crippen molar-refractivity contribution >= 4 is 22.9 Å². The topological polar surface area (TPSA) is 28.2 Å². The van der Waals surface area contributed by atoms with Crippen LogP contribution in [0.4, 0.5) is 0 Å². The first kappa shape index (κ1) is 15.6. The van der Waals surface area contributed by atoms with Gasteiger partial charge < -0.3 is 10.2 Å². The van der Waals surface area contributed by atoms with Crippen LogP contribution in [0.15, 0.2) is 29.6 Å². The molecule has 2 fully saturated rings. The number of hydrogen-bond acceptors (Lipinski definition) is 4. The summed E-state index contributed by atoms with van der Waals surface area (Å²) in [4.78, 5) is 7.43. The standard InChI is InChI=1S/C18H22ClN3S/c19-14-5-3-13(4-6-14)17-12-23-18(21-17)11-20-15-7-9-22-8-1-2-16(22)10-15/h3-6,12,15-16,20H,1-2,7-11H2/t15-,16+/m0/s1. The van der Waals surface area contributed by atoms with Crippen LogP contribution < -0.4 is 5.32 Å². The molecule has 2 saturated heterocycles. The number of nitrogens with one attached hydrogen (secondary N) is 1. The van der Waals surface area contributed by atoms with Gasteiger partial charge in [0.25, 0.3) is 0 Å². The van der Waals surface area contributed by atoms with Gasteiger partial charge in [-0.25, -0.2) is 4.98 Å². The average molecular weight is 348 g/mol. The van der Waals surface area contributed by atoms with Crippen molar-refractivity contribution in [1.29, 1.82) is 0 Å². The molecule has 122 valence electrons. The van der Waals surface area contributed by atoms with E-state index in [0.717, 1.165) is 28.9 Å². The van der Waals surface area contributed by atoms with E-state index in [1.807, 2.05) is 24.3 Å². The van der Waals surface area contributed by atoms with Gasteiger partial charge in [0.05, 0.1) is 5.69 Å². The summed E-state index contributed by atoms with van der Waals surface area (Å²) in [5.74, 6) is 0. The minimum absolute atomic E-state index is 0.650. The molecule has 2 atom stereocenters. The summed E-state index contributed by atoms with van der Waals surface area (Å²) in [6, 6.07) is 9.38. The number of thiazole rings is 1. The van der Waals surface area contributed by atoms with Crippen molar-refractivity contribution in [2.45, 2.75) is 44.3 Å². The summed E-state index contributed by atoms with van der Waals surface area (Å²) in [5, 5.41) is 7.80. The van der Waals surface area contributed by atoms with E-state index in [-0.39, 0.29) is 0 Å². The molecule has 0 radical (unpaired) electrons. The van der Waals surface area contributed by atoms with Gasteiger partial charge in [-0.05, 0) is 50.9 Å². The third-order valence-corrected chi connectivity index (χ3v) is 6.15. The molecule has 2 aliphatic heterocycles. The van der Waals surface area contributed by atoms with Gasteiger partial charge in [0, 0.05) is 34.6 Å². The van der Waals surface area contributed by atoms with Gasteiger partial charge in [-0.3, -0.25) is 0 Å². The SMILES string of the molecule is Clc1ccc(-c2csc(CN[C@H]3CCN4CCC[C@@H]4C3)n2)cc1. The maximum absolute atomic E-state index is 5.95. The van der Waals surface area contributed by atoms with E-state index < -0.39 is 0 Å². The van der Waals surface area contributed by atoms with Crippen LogP contribution in [0.25, 0.3) is 11.3 Å². The van der Waals surface area contributed by atoms with Crippen LogP contribution in [0.3, 0.4) is 0 Å². The lowest BCUT2D eigenvalue weighted by atomic mass is 9.98. The predicted molar refractivity (Wildman–Crippen MR) is 97.0 cm³/mol. The lowest BCUT2D eigenvalue weighted by Gasteiger charge is -2.35. The highest BCUT2D eigenvalue weighted by atomic mass is 35.5. The van der Waals surface area contributed by atoms with Crippen LogP contribution in [-0.4, -0.2) is 35.1 Å². The Bertz CT molecular complexity index is 655. The zero-order chi connectivity index (χ0) is 15.6. The van der Waals surface area contributed by atoms with Crippen LogP contribution in [0.5, 0.6) is 0 Å². The Labute approximate surface area is 146 Å². The van der Waals surface area contributed by atoms with Gasteiger partial charge in [-0.1, -0.05) is 23.7 Å². The number of piperidine rings is 1. The van der Waals surface area contributed by atoms with Crippen LogP contribution in [-0.2, 0) is 6.54 Å². The Morgan fingerprint density at radius 1 is 1.22 bits per heavy atom. The Kier molecular flexibility index (Phi) is 4.67. The molecule has 0 bridgehead atoms. The second kappa shape index (κ2) is 6.89. The molecule has 1 aromatic carbocycles. The Morgan fingerprint density at radius 3 is 2.96 bits per heavy atom. The highest BCUT2D eigenvalue weighted by molar-refractivity contribution is 7.09. The lowest BCUT2D eigenvalue weighted by Crippen LogP contribution is -2.45. The number of hydrogen-bond donors (Lipinski definition) is 1. The van der Waals surface area contributed by atoms with Gasteiger partial charge in [0.1, 0.15) is 5.01 Å². The van der Waals surface area contributed by atoms with Gasteiger partial charge >= 0.3 is 0 Å². The molecule has 0 aliphatic carbocycles. The van der Waals surface area contributed by atoms with Crippen molar-refractivity contribution in [3.05, 3.63) is 39.7 Å². The van der Waals surface area contributed by atoms with Crippen molar-refractivity contribution in [2.75, 3.05) is 13.1 Å². The minimum atomic E-state index is 0.650. The van der Waals surface area contributed by atoms with Crippen molar-refractivity contribution in [3.8, 4) is 11.3 Å². The van der Waals surface area contributed by atoms with Gasteiger partial charge in [-0.2, -0.15) is 0 Å². The Balaban J connectivity index is 1.34. The van der Waals surface area contributed by atoms with Gasteiger partial charge in [-0.15, -0.1) is 11.3 Å². The summed E-state index contributed by atoms with van der Waals surface area (Å²) in [7, 11) is 0. The van der Waals surface area contributed by atoms with Crippen molar-refractivity contribution in [1.82, 2.24) is 15.2 Å². The normalized spacial score (nSPS) is 24.7. The fourth-order valence-electron chi connectivity index (χ4n) is 3.79. The van der Waals surface area contributed by atoms with Crippen LogP contribution in [0.2, 0.25) is 5.02 Å². The molecule has 2 aromatic rings. The Hall–Kier alpha value is -0.940. The van der Waals surface area contributed by atoms with Crippen molar-refractivity contribution in [2.24, 2.45) is 0 Å². The number of fused-ring (bicyclic) bond motifs is 1. The number of halogens is 1. The molecule has 0 amide bonds. The molecular formula is C18H22ClN3S. The molecule has 0 saturated carbocycles. The molecule has 3 heterocycles.